The molecule has 0 aromatic carbocycles. The van der Waals surface area contributed by atoms with E-state index in [0.717, 1.165) is 11.8 Å². The summed E-state index contributed by atoms with van der Waals surface area (Å²) in [5.41, 5.74) is 0. The summed E-state index contributed by atoms with van der Waals surface area (Å²) < 4.78 is 5.64. The monoisotopic (exact) mass is 264 g/mol. The molecule has 0 spiro atoms. The number of nitrogens with zero attached hydrogens (tertiary/aromatic N) is 2. The van der Waals surface area contributed by atoms with Crippen molar-refractivity contribution in [1.29, 1.82) is 0 Å². The second kappa shape index (κ2) is 5.49. The van der Waals surface area contributed by atoms with Crippen LogP contribution in [-0.4, -0.2) is 22.3 Å². The highest BCUT2D eigenvalue weighted by Crippen LogP contribution is 2.30. The van der Waals surface area contributed by atoms with Gasteiger partial charge in [-0.1, -0.05) is 18.9 Å². The summed E-state index contributed by atoms with van der Waals surface area (Å²) in [5, 5.41) is 14.9. The third-order valence-corrected chi connectivity index (χ3v) is 4.09. The van der Waals surface area contributed by atoms with E-state index in [1.807, 2.05) is 0 Å². The van der Waals surface area contributed by atoms with Crippen LogP contribution in [0.4, 0.5) is 6.01 Å². The van der Waals surface area contributed by atoms with Gasteiger partial charge in [-0.15, -0.1) is 5.10 Å². The Bertz CT molecular complexity index is 405. The van der Waals surface area contributed by atoms with Crippen molar-refractivity contribution in [1.82, 2.24) is 15.5 Å². The molecule has 5 nitrogen and oxygen atoms in total. The lowest BCUT2D eigenvalue weighted by Crippen LogP contribution is -2.30. The summed E-state index contributed by atoms with van der Waals surface area (Å²) in [5.74, 6) is 2.24. The van der Waals surface area contributed by atoms with Crippen LogP contribution in [0.15, 0.2) is 4.42 Å². The van der Waals surface area contributed by atoms with Crippen LogP contribution >= 0.6 is 0 Å². The Morgan fingerprint density at radius 2 is 1.79 bits per heavy atom. The highest BCUT2D eigenvalue weighted by molar-refractivity contribution is 5.20. The van der Waals surface area contributed by atoms with Gasteiger partial charge in [0.15, 0.2) is 0 Å². The molecule has 2 fully saturated rings. The summed E-state index contributed by atoms with van der Waals surface area (Å²) in [6.45, 7) is 5.34. The number of anilines is 1. The second-order valence-electron chi connectivity index (χ2n) is 6.41. The normalized spacial score (nSPS) is 31.4. The van der Waals surface area contributed by atoms with Gasteiger partial charge in [0, 0.05) is 12.1 Å². The largest absolute Gasteiger partial charge is 0.407 e. The predicted molar refractivity (Wildman–Crippen MR) is 73.7 cm³/mol. The topological polar surface area (TPSA) is 63.0 Å². The number of nitrogens with one attached hydrogen (secondary N) is 2. The molecule has 1 heterocycles. The molecule has 5 heteroatoms. The molecule has 106 valence electrons. The third-order valence-electron chi connectivity index (χ3n) is 4.09. The minimum Gasteiger partial charge on any atom is -0.407 e. The lowest BCUT2D eigenvalue weighted by atomic mass is 9.80. The Balaban J connectivity index is 1.51. The third kappa shape index (κ3) is 3.69. The van der Waals surface area contributed by atoms with Gasteiger partial charge in [0.25, 0.3) is 0 Å². The molecule has 1 aromatic rings. The van der Waals surface area contributed by atoms with Gasteiger partial charge < -0.3 is 15.1 Å². The Labute approximate surface area is 114 Å². The molecule has 2 saturated carbocycles. The molecule has 0 saturated heterocycles. The fourth-order valence-corrected chi connectivity index (χ4v) is 3.14. The van der Waals surface area contributed by atoms with E-state index >= 15 is 0 Å². The average Bonchev–Trinajstić information content (AvgIpc) is 3.06. The van der Waals surface area contributed by atoms with Crippen LogP contribution in [-0.2, 0) is 6.54 Å². The van der Waals surface area contributed by atoms with E-state index in [9.17, 15) is 0 Å². The van der Waals surface area contributed by atoms with Crippen LogP contribution in [0.5, 0.6) is 0 Å². The first-order valence-corrected chi connectivity index (χ1v) is 7.51. The van der Waals surface area contributed by atoms with Crippen LogP contribution in [0.3, 0.4) is 0 Å². The zero-order valence-electron chi connectivity index (χ0n) is 11.9. The van der Waals surface area contributed by atoms with Gasteiger partial charge in [-0.2, -0.15) is 0 Å². The zero-order valence-corrected chi connectivity index (χ0v) is 11.9. The molecule has 0 aliphatic heterocycles. The second-order valence-corrected chi connectivity index (χ2v) is 6.41. The van der Waals surface area contributed by atoms with Gasteiger partial charge in [-0.05, 0) is 43.9 Å². The van der Waals surface area contributed by atoms with Gasteiger partial charge in [0.2, 0.25) is 5.89 Å². The van der Waals surface area contributed by atoms with E-state index in [1.165, 1.54) is 32.1 Å². The molecular weight excluding hydrogens is 240 g/mol. The quantitative estimate of drug-likeness (QED) is 0.855. The summed E-state index contributed by atoms with van der Waals surface area (Å²) >= 11 is 0. The Morgan fingerprint density at radius 1 is 1.05 bits per heavy atom. The summed E-state index contributed by atoms with van der Waals surface area (Å²) in [6.07, 6.45) is 6.28. The van der Waals surface area contributed by atoms with Crippen molar-refractivity contribution in [2.45, 2.75) is 64.6 Å². The highest BCUT2D eigenvalue weighted by atomic mass is 16.4. The van der Waals surface area contributed by atoms with Gasteiger partial charge >= 0.3 is 6.01 Å². The highest BCUT2D eigenvalue weighted by Gasteiger charge is 2.25. The first-order valence-electron chi connectivity index (χ1n) is 7.51. The molecule has 2 atom stereocenters. The lowest BCUT2D eigenvalue weighted by Gasteiger charge is -2.31. The zero-order chi connectivity index (χ0) is 13.2. The standard InChI is InChI=1S/C14H24N4O/c1-9-5-10(2)7-12(6-9)16-14-18-17-13(19-14)8-15-11-3-4-11/h9-12,15H,3-8H2,1-2H3,(H,16,18). The molecule has 1 aromatic heterocycles. The smallest absolute Gasteiger partial charge is 0.315 e. The van der Waals surface area contributed by atoms with E-state index in [0.29, 0.717) is 30.5 Å². The molecule has 19 heavy (non-hydrogen) atoms. The van der Waals surface area contributed by atoms with E-state index in [-0.39, 0.29) is 0 Å². The molecule has 0 bridgehead atoms. The maximum absolute atomic E-state index is 5.64. The summed E-state index contributed by atoms with van der Waals surface area (Å²) in [7, 11) is 0. The number of hydrogen-bond acceptors (Lipinski definition) is 5. The molecule has 2 aliphatic carbocycles. The lowest BCUT2D eigenvalue weighted by molar-refractivity contribution is 0.277. The molecule has 2 N–H and O–H groups in total. The maximum atomic E-state index is 5.64. The van der Waals surface area contributed by atoms with Crippen LogP contribution in [0.25, 0.3) is 0 Å². The fraction of sp³-hybridized carbons (Fsp3) is 0.857. The van der Waals surface area contributed by atoms with Gasteiger partial charge in [-0.25, -0.2) is 0 Å². The molecule has 0 radical (unpaired) electrons. The summed E-state index contributed by atoms with van der Waals surface area (Å²) in [6, 6.07) is 1.73. The first-order chi connectivity index (χ1) is 9.19. The predicted octanol–water partition coefficient (Wildman–Crippen LogP) is 2.56. The van der Waals surface area contributed by atoms with E-state index in [4.69, 9.17) is 4.42 Å². The van der Waals surface area contributed by atoms with Gasteiger partial charge in [0.1, 0.15) is 0 Å². The fourth-order valence-electron chi connectivity index (χ4n) is 3.14. The molecule has 2 unspecified atom stereocenters. The number of rotatable bonds is 5. The van der Waals surface area contributed by atoms with Crippen LogP contribution in [0.2, 0.25) is 0 Å². The molecular formula is C14H24N4O. The van der Waals surface area contributed by atoms with E-state index < -0.39 is 0 Å². The van der Waals surface area contributed by atoms with Crippen molar-refractivity contribution in [3.05, 3.63) is 5.89 Å². The van der Waals surface area contributed by atoms with Crippen molar-refractivity contribution in [2.24, 2.45) is 11.8 Å². The first kappa shape index (κ1) is 12.9. The van der Waals surface area contributed by atoms with Crippen molar-refractivity contribution >= 4 is 6.01 Å². The van der Waals surface area contributed by atoms with E-state index in [2.05, 4.69) is 34.7 Å². The SMILES string of the molecule is CC1CC(C)CC(Nc2nnc(CNC3CC3)o2)C1. The van der Waals surface area contributed by atoms with Crippen LogP contribution in [0.1, 0.15) is 51.8 Å². The molecule has 2 aliphatic rings. The van der Waals surface area contributed by atoms with Crippen LogP contribution in [0, 0.1) is 11.8 Å². The van der Waals surface area contributed by atoms with Crippen molar-refractivity contribution < 1.29 is 4.42 Å². The van der Waals surface area contributed by atoms with Crippen molar-refractivity contribution in [3.8, 4) is 0 Å². The van der Waals surface area contributed by atoms with Gasteiger partial charge in [0.05, 0.1) is 6.54 Å². The van der Waals surface area contributed by atoms with E-state index in [1.54, 1.807) is 0 Å². The minimum absolute atomic E-state index is 0.475. The Morgan fingerprint density at radius 3 is 2.47 bits per heavy atom. The minimum atomic E-state index is 0.475. The van der Waals surface area contributed by atoms with Gasteiger partial charge in [-0.3, -0.25) is 0 Å². The average molecular weight is 264 g/mol. The van der Waals surface area contributed by atoms with Crippen LogP contribution < -0.4 is 10.6 Å². The van der Waals surface area contributed by atoms with Crippen molar-refractivity contribution in [3.63, 3.8) is 0 Å². The van der Waals surface area contributed by atoms with Crippen molar-refractivity contribution in [2.75, 3.05) is 5.32 Å². The number of hydrogen-bond donors (Lipinski definition) is 2. The Hall–Kier alpha value is -1.10. The molecule has 0 amide bonds. The molecule has 3 rings (SSSR count). The Kier molecular flexibility index (Phi) is 3.73. The maximum Gasteiger partial charge on any atom is 0.315 e. The summed E-state index contributed by atoms with van der Waals surface area (Å²) in [4.78, 5) is 0. The number of aromatic nitrogens is 2.